The maximum Gasteiger partial charge on any atom is 0.305 e. The molecule has 0 aliphatic carbocycles. The third kappa shape index (κ3) is 18.7. The van der Waals surface area contributed by atoms with Crippen molar-refractivity contribution in [1.29, 1.82) is 5.41 Å². The molecule has 3 aliphatic rings. The van der Waals surface area contributed by atoms with Gasteiger partial charge in [-0.05, 0) is 78.6 Å². The molecule has 0 amide bonds. The summed E-state index contributed by atoms with van der Waals surface area (Å²) < 4.78 is 55.9. The number of halogens is 3. The molecule has 24 heteroatoms. The standard InChI is InChI=1S/C19H23ClO7.C18H23ClN2O5S.C18H23ClO5S/c1-9-6-7-14(8-15(9)20)16-10(2)17(24-11(3)21)18(25-12(4)22)19(27-16)26-13(5)23;1-8-5-6-12(7-13(8)19)14-9(2)15(24-10(3)22)16(25-11(4)23)17(26-14)27-18(20)21;1-9-6-7-13(8-14(9)19)15-10(2)16(22-11(3)20)17(23-12(4)21)18(24-15)25-5/h6-8,10,16-19H,1-5H3;5-7,9,14-17H,1-4H3,(H3,20,21);6-8,10,15-18H,1-5H3/t10-,16+,17+,18-,19-;9-,14+,15+,16-,17+;10-,15+,16+,17-,18+/m000/s1. The van der Waals surface area contributed by atoms with E-state index >= 15 is 0 Å². The minimum absolute atomic E-state index is 0.200. The number of nitrogens with two attached hydrogens (primary N) is 1. The fourth-order valence-corrected chi connectivity index (χ4v) is 11.2. The van der Waals surface area contributed by atoms with Crippen LogP contribution in [0.5, 0.6) is 0 Å². The number of rotatable bonds is 12. The van der Waals surface area contributed by atoms with Crippen LogP contribution in [0.25, 0.3) is 0 Å². The molecule has 3 aromatic carbocycles. The Morgan fingerprint density at radius 2 is 0.734 bits per heavy atom. The Morgan fingerprint density at radius 1 is 0.456 bits per heavy atom. The summed E-state index contributed by atoms with van der Waals surface area (Å²) in [6.07, 6.45) is -5.64. The van der Waals surface area contributed by atoms with Crippen LogP contribution in [0.4, 0.5) is 0 Å². The molecule has 0 aromatic heterocycles. The van der Waals surface area contributed by atoms with Gasteiger partial charge in [0, 0.05) is 81.3 Å². The zero-order chi connectivity index (χ0) is 59.3. The van der Waals surface area contributed by atoms with E-state index < -0.39 is 114 Å². The lowest BCUT2D eigenvalue weighted by Gasteiger charge is -2.44. The maximum absolute atomic E-state index is 11.7. The van der Waals surface area contributed by atoms with Crippen molar-refractivity contribution >= 4 is 105 Å². The highest BCUT2D eigenvalue weighted by molar-refractivity contribution is 8.14. The van der Waals surface area contributed by atoms with Crippen LogP contribution in [0, 0.1) is 43.9 Å². The highest BCUT2D eigenvalue weighted by Gasteiger charge is 2.52. The van der Waals surface area contributed by atoms with E-state index in [1.807, 2.05) is 83.3 Å². The quantitative estimate of drug-likeness (QED) is 0.0739. The first-order valence-corrected chi connectivity index (χ1v) is 28.2. The number of carbonyl (C=O) groups is 7. The fourth-order valence-electron chi connectivity index (χ4n) is 9.13. The van der Waals surface area contributed by atoms with Gasteiger partial charge < -0.3 is 53.1 Å². The molecule has 434 valence electrons. The number of nitrogens with one attached hydrogen (secondary N) is 1. The van der Waals surface area contributed by atoms with Crippen LogP contribution >= 0.6 is 58.3 Å². The second-order valence-corrected chi connectivity index (χ2v) is 22.4. The highest BCUT2D eigenvalue weighted by Crippen LogP contribution is 2.45. The lowest BCUT2D eigenvalue weighted by molar-refractivity contribution is -0.283. The average Bonchev–Trinajstić information content (AvgIpc) is 3.42. The first-order chi connectivity index (χ1) is 36.9. The summed E-state index contributed by atoms with van der Waals surface area (Å²) in [6.45, 7) is 20.2. The van der Waals surface area contributed by atoms with Gasteiger partial charge in [0.05, 0.1) is 18.3 Å². The largest absolute Gasteiger partial charge is 0.458 e. The van der Waals surface area contributed by atoms with Crippen LogP contribution in [-0.4, -0.2) is 107 Å². The molecule has 19 nitrogen and oxygen atoms in total. The lowest BCUT2D eigenvalue weighted by Crippen LogP contribution is -2.55. The van der Waals surface area contributed by atoms with Gasteiger partial charge in [0.25, 0.3) is 0 Å². The number of carbonyl (C=O) groups excluding carboxylic acids is 7. The summed E-state index contributed by atoms with van der Waals surface area (Å²) in [4.78, 5) is 81.0. The second-order valence-electron chi connectivity index (χ2n) is 19.1. The number of esters is 7. The Balaban J connectivity index is 0.000000256. The van der Waals surface area contributed by atoms with E-state index in [0.29, 0.717) is 15.1 Å². The molecule has 3 aliphatic heterocycles. The van der Waals surface area contributed by atoms with E-state index in [-0.39, 0.29) is 23.1 Å². The third-order valence-electron chi connectivity index (χ3n) is 12.7. The van der Waals surface area contributed by atoms with Crippen molar-refractivity contribution < 1.29 is 80.9 Å². The summed E-state index contributed by atoms with van der Waals surface area (Å²) in [5.74, 6) is -4.62. The molecule has 3 aromatic rings. The van der Waals surface area contributed by atoms with Crippen LogP contribution in [-0.2, 0) is 80.9 Å². The summed E-state index contributed by atoms with van der Waals surface area (Å²) in [6, 6.07) is 16.7. The van der Waals surface area contributed by atoms with Crippen molar-refractivity contribution in [3.63, 3.8) is 0 Å². The van der Waals surface area contributed by atoms with E-state index in [1.54, 1.807) is 19.1 Å². The molecule has 3 fully saturated rings. The van der Waals surface area contributed by atoms with Gasteiger partial charge in [0.2, 0.25) is 12.4 Å². The molecule has 0 unspecified atom stereocenters. The molecule has 0 spiro atoms. The van der Waals surface area contributed by atoms with Gasteiger partial charge in [-0.15, -0.1) is 11.8 Å². The van der Waals surface area contributed by atoms with Crippen molar-refractivity contribution in [2.45, 2.75) is 162 Å². The minimum Gasteiger partial charge on any atom is -0.458 e. The van der Waals surface area contributed by atoms with Gasteiger partial charge in [-0.1, -0.05) is 104 Å². The summed E-state index contributed by atoms with van der Waals surface area (Å²) in [7, 11) is 0. The minimum atomic E-state index is -1.22. The third-order valence-corrected chi connectivity index (χ3v) is 15.7. The summed E-state index contributed by atoms with van der Waals surface area (Å²) in [5, 5.41) is 9.18. The predicted octanol–water partition coefficient (Wildman–Crippen LogP) is 10.2. The maximum atomic E-state index is 11.7. The highest BCUT2D eigenvalue weighted by atomic mass is 35.5. The number of thioether (sulfide) groups is 2. The Kier molecular flexibility index (Phi) is 25.3. The normalized spacial score (nSPS) is 28.1. The Morgan fingerprint density at radius 3 is 1.04 bits per heavy atom. The lowest BCUT2D eigenvalue weighted by atomic mass is 9.86. The van der Waals surface area contributed by atoms with Crippen LogP contribution < -0.4 is 5.73 Å². The fraction of sp³-hybridized carbons (Fsp3) is 0.527. The monoisotopic (exact) mass is 1200 g/mol. The predicted molar refractivity (Wildman–Crippen MR) is 297 cm³/mol. The molecule has 15 atom stereocenters. The van der Waals surface area contributed by atoms with Crippen molar-refractivity contribution in [3.8, 4) is 0 Å². The summed E-state index contributed by atoms with van der Waals surface area (Å²) >= 11 is 21.0. The van der Waals surface area contributed by atoms with Crippen LogP contribution in [0.2, 0.25) is 15.1 Å². The zero-order valence-electron chi connectivity index (χ0n) is 46.3. The Bertz CT molecular complexity index is 2580. The van der Waals surface area contributed by atoms with Crippen molar-refractivity contribution in [3.05, 3.63) is 103 Å². The van der Waals surface area contributed by atoms with Crippen molar-refractivity contribution in [2.24, 2.45) is 23.5 Å². The number of aryl methyl sites for hydroxylation is 3. The second kappa shape index (κ2) is 30.1. The van der Waals surface area contributed by atoms with E-state index in [0.717, 1.165) is 45.1 Å². The molecule has 3 saturated heterocycles. The molecular formula is C55H69Cl3N2O17S2. The molecule has 3 N–H and O–H groups in total. The number of amidine groups is 1. The van der Waals surface area contributed by atoms with Crippen molar-refractivity contribution in [2.75, 3.05) is 6.26 Å². The van der Waals surface area contributed by atoms with Crippen LogP contribution in [0.3, 0.4) is 0 Å². The molecule has 0 saturated carbocycles. The molecule has 0 radical (unpaired) electrons. The average molecular weight is 1200 g/mol. The smallest absolute Gasteiger partial charge is 0.305 e. The van der Waals surface area contributed by atoms with Gasteiger partial charge >= 0.3 is 41.8 Å². The zero-order valence-corrected chi connectivity index (χ0v) is 50.2. The molecule has 0 bridgehead atoms. The van der Waals surface area contributed by atoms with E-state index in [4.69, 9.17) is 93.3 Å². The van der Waals surface area contributed by atoms with Gasteiger partial charge in [-0.3, -0.25) is 39.0 Å². The Hall–Kier alpha value is -5.13. The van der Waals surface area contributed by atoms with E-state index in [1.165, 1.54) is 60.2 Å². The van der Waals surface area contributed by atoms with Crippen LogP contribution in [0.1, 0.15) is 121 Å². The Labute approximate surface area is 483 Å². The van der Waals surface area contributed by atoms with Gasteiger partial charge in [0.1, 0.15) is 17.6 Å². The van der Waals surface area contributed by atoms with Gasteiger partial charge in [-0.25, -0.2) is 0 Å². The molecule has 79 heavy (non-hydrogen) atoms. The molecule has 6 rings (SSSR count). The molecule has 3 heterocycles. The van der Waals surface area contributed by atoms with Crippen LogP contribution in [0.15, 0.2) is 54.6 Å². The summed E-state index contributed by atoms with van der Waals surface area (Å²) in [5.41, 5.74) is 9.49. The number of benzene rings is 3. The number of hydrogen-bond donors (Lipinski definition) is 2. The van der Waals surface area contributed by atoms with E-state index in [9.17, 15) is 33.6 Å². The number of hydrogen-bond acceptors (Lipinski definition) is 20. The first kappa shape index (κ1) is 66.4. The molecular weight excluding hydrogens is 1130 g/mol. The van der Waals surface area contributed by atoms with Crippen molar-refractivity contribution in [1.82, 2.24) is 0 Å². The van der Waals surface area contributed by atoms with Gasteiger partial charge in [0.15, 0.2) is 28.9 Å². The van der Waals surface area contributed by atoms with E-state index in [2.05, 4.69) is 0 Å². The SMILES string of the molecule is CC(=O)O[C@@H]1[C@@H](C)[C@H](c2ccc(C)c(Cl)c2)O[C@H](SC(=N)N)[C@H]1OC(C)=O.CC(=O)O[C@H]1O[C@@H](c2ccc(C)c(Cl)c2)[C@H](C)[C@@H](OC(C)=O)[C@@H]1OC(C)=O.CS[C@H]1O[C@@H](c2ccc(C)c(Cl)c2)[C@H](C)[C@@H](OC(C)=O)[C@@H]1OC(C)=O. The first-order valence-electron chi connectivity index (χ1n) is 24.9. The van der Waals surface area contributed by atoms with Gasteiger partial charge in [-0.2, -0.15) is 0 Å². The topological polar surface area (TPSA) is 262 Å². The number of ether oxygens (including phenoxy) is 10.